The van der Waals surface area contributed by atoms with Crippen molar-refractivity contribution in [2.24, 2.45) is 0 Å². The molecule has 0 aliphatic heterocycles. The lowest BCUT2D eigenvalue weighted by Crippen LogP contribution is -2.52. The van der Waals surface area contributed by atoms with Crippen molar-refractivity contribution in [2.45, 2.75) is 65.5 Å². The number of likely N-dealkylation sites (N-methyl/N-ethyl adjacent to an activating group) is 1. The number of hydrogen-bond acceptors (Lipinski definition) is 2. The number of ether oxygens (including phenoxy) is 1. The molecular weight excluding hydrogens is 198 g/mol. The predicted molar refractivity (Wildman–Crippen MR) is 71.8 cm³/mol. The molecular formula is C14H29NO. The third-order valence-corrected chi connectivity index (χ3v) is 3.27. The number of nitrogens with one attached hydrogen (secondary N) is 1. The average Bonchev–Trinajstić information content (AvgIpc) is 2.25. The monoisotopic (exact) mass is 227 g/mol. The van der Waals surface area contributed by atoms with E-state index in [1.807, 2.05) is 0 Å². The van der Waals surface area contributed by atoms with E-state index in [0.717, 1.165) is 32.4 Å². The number of hydrogen-bond donors (Lipinski definition) is 1. The van der Waals surface area contributed by atoms with Gasteiger partial charge in [0.15, 0.2) is 0 Å². The zero-order valence-electron chi connectivity index (χ0n) is 11.7. The molecule has 0 spiro atoms. The zero-order chi connectivity index (χ0) is 12.6. The second-order valence-electron chi connectivity index (χ2n) is 4.48. The summed E-state index contributed by atoms with van der Waals surface area (Å²) in [5.74, 6) is 0. The molecule has 0 saturated carbocycles. The largest absolute Gasteiger partial charge is 0.374 e. The van der Waals surface area contributed by atoms with Crippen LogP contribution in [-0.4, -0.2) is 24.8 Å². The Balaban J connectivity index is 4.82. The smallest absolute Gasteiger partial charge is 0.0832 e. The first-order valence-electron chi connectivity index (χ1n) is 6.57. The van der Waals surface area contributed by atoms with Crippen molar-refractivity contribution in [3.8, 4) is 0 Å². The van der Waals surface area contributed by atoms with Gasteiger partial charge in [0.2, 0.25) is 0 Å². The molecule has 0 saturated heterocycles. The molecule has 1 N–H and O–H groups in total. The molecule has 0 aliphatic rings. The van der Waals surface area contributed by atoms with Crippen molar-refractivity contribution < 1.29 is 4.74 Å². The highest BCUT2D eigenvalue weighted by Crippen LogP contribution is 2.28. The van der Waals surface area contributed by atoms with Crippen LogP contribution in [0.3, 0.4) is 0 Å². The van der Waals surface area contributed by atoms with Crippen molar-refractivity contribution in [3.05, 3.63) is 12.2 Å². The summed E-state index contributed by atoms with van der Waals surface area (Å²) in [6.07, 6.45) is 3.08. The number of rotatable bonds is 9. The summed E-state index contributed by atoms with van der Waals surface area (Å²) >= 11 is 0. The van der Waals surface area contributed by atoms with E-state index >= 15 is 0 Å². The third-order valence-electron chi connectivity index (χ3n) is 3.27. The Kier molecular flexibility index (Phi) is 7.69. The molecule has 16 heavy (non-hydrogen) atoms. The van der Waals surface area contributed by atoms with Gasteiger partial charge in [-0.3, -0.25) is 0 Å². The fraction of sp³-hybridized carbons (Fsp3) is 0.857. The molecule has 96 valence electrons. The fourth-order valence-corrected chi connectivity index (χ4v) is 2.37. The summed E-state index contributed by atoms with van der Waals surface area (Å²) in [6.45, 7) is 16.5. The van der Waals surface area contributed by atoms with E-state index in [2.05, 4.69) is 46.5 Å². The minimum Gasteiger partial charge on any atom is -0.374 e. The SMILES string of the molecule is C=C(C)CC(NCC)C(CC)(CC)OCC. The van der Waals surface area contributed by atoms with Crippen LogP contribution >= 0.6 is 0 Å². The van der Waals surface area contributed by atoms with E-state index in [1.54, 1.807) is 0 Å². The second-order valence-corrected chi connectivity index (χ2v) is 4.48. The first kappa shape index (κ1) is 15.7. The Morgan fingerprint density at radius 2 is 1.81 bits per heavy atom. The molecule has 0 heterocycles. The Morgan fingerprint density at radius 3 is 2.12 bits per heavy atom. The standard InChI is InChI=1S/C14H29NO/c1-7-14(8-2,16-10-4)13(15-9-3)11-12(5)6/h13,15H,5,7-11H2,1-4,6H3. The highest BCUT2D eigenvalue weighted by molar-refractivity contribution is 5.01. The van der Waals surface area contributed by atoms with Gasteiger partial charge in [-0.05, 0) is 39.7 Å². The van der Waals surface area contributed by atoms with Gasteiger partial charge in [-0.1, -0.05) is 26.3 Å². The van der Waals surface area contributed by atoms with Crippen molar-refractivity contribution >= 4 is 0 Å². The maximum atomic E-state index is 6.04. The Bertz CT molecular complexity index is 197. The van der Waals surface area contributed by atoms with E-state index in [0.29, 0.717) is 6.04 Å². The van der Waals surface area contributed by atoms with Crippen LogP contribution in [-0.2, 0) is 4.74 Å². The van der Waals surface area contributed by atoms with Crippen LogP contribution in [0.2, 0.25) is 0 Å². The fourth-order valence-electron chi connectivity index (χ4n) is 2.37. The van der Waals surface area contributed by atoms with Gasteiger partial charge in [0.25, 0.3) is 0 Å². The third kappa shape index (κ3) is 4.26. The summed E-state index contributed by atoms with van der Waals surface area (Å²) < 4.78 is 6.04. The molecule has 2 nitrogen and oxygen atoms in total. The van der Waals surface area contributed by atoms with Crippen LogP contribution in [0, 0.1) is 0 Å². The van der Waals surface area contributed by atoms with Crippen LogP contribution in [0.5, 0.6) is 0 Å². The second kappa shape index (κ2) is 7.86. The summed E-state index contributed by atoms with van der Waals surface area (Å²) in [4.78, 5) is 0. The molecule has 0 fully saturated rings. The Labute approximate surface area is 101 Å². The van der Waals surface area contributed by atoms with Gasteiger partial charge < -0.3 is 10.1 Å². The lowest BCUT2D eigenvalue weighted by molar-refractivity contribution is -0.0715. The molecule has 0 aromatic rings. The predicted octanol–water partition coefficient (Wildman–Crippen LogP) is 3.53. The van der Waals surface area contributed by atoms with E-state index < -0.39 is 0 Å². The Morgan fingerprint density at radius 1 is 1.25 bits per heavy atom. The zero-order valence-corrected chi connectivity index (χ0v) is 11.7. The van der Waals surface area contributed by atoms with Gasteiger partial charge in [0.1, 0.15) is 0 Å². The molecule has 0 aromatic heterocycles. The molecule has 0 rings (SSSR count). The first-order valence-corrected chi connectivity index (χ1v) is 6.57. The van der Waals surface area contributed by atoms with Crippen molar-refractivity contribution in [1.29, 1.82) is 0 Å². The minimum atomic E-state index is -0.0380. The van der Waals surface area contributed by atoms with E-state index in [-0.39, 0.29) is 5.60 Å². The van der Waals surface area contributed by atoms with Crippen LogP contribution in [0.1, 0.15) is 53.9 Å². The molecule has 0 aliphatic carbocycles. The normalized spacial score (nSPS) is 13.8. The van der Waals surface area contributed by atoms with Gasteiger partial charge in [-0.15, -0.1) is 6.58 Å². The molecule has 0 amide bonds. The van der Waals surface area contributed by atoms with Gasteiger partial charge in [-0.2, -0.15) is 0 Å². The van der Waals surface area contributed by atoms with Crippen LogP contribution in [0.4, 0.5) is 0 Å². The summed E-state index contributed by atoms with van der Waals surface area (Å²) in [5.41, 5.74) is 1.18. The van der Waals surface area contributed by atoms with Crippen molar-refractivity contribution in [3.63, 3.8) is 0 Å². The van der Waals surface area contributed by atoms with E-state index in [9.17, 15) is 0 Å². The molecule has 1 atom stereocenters. The van der Waals surface area contributed by atoms with Gasteiger partial charge in [0.05, 0.1) is 5.60 Å². The highest BCUT2D eigenvalue weighted by Gasteiger charge is 2.35. The molecule has 0 aromatic carbocycles. The average molecular weight is 227 g/mol. The first-order chi connectivity index (χ1) is 7.56. The minimum absolute atomic E-state index is 0.0380. The Hall–Kier alpha value is -0.340. The summed E-state index contributed by atoms with van der Waals surface area (Å²) in [6, 6.07) is 0.380. The summed E-state index contributed by atoms with van der Waals surface area (Å²) in [5, 5.41) is 3.56. The lowest BCUT2D eigenvalue weighted by Gasteiger charge is -2.40. The quantitative estimate of drug-likeness (QED) is 0.608. The van der Waals surface area contributed by atoms with Crippen molar-refractivity contribution in [2.75, 3.05) is 13.2 Å². The lowest BCUT2D eigenvalue weighted by atomic mass is 9.84. The maximum Gasteiger partial charge on any atom is 0.0832 e. The summed E-state index contributed by atoms with van der Waals surface area (Å²) in [7, 11) is 0. The van der Waals surface area contributed by atoms with Crippen LogP contribution in [0.25, 0.3) is 0 Å². The van der Waals surface area contributed by atoms with Gasteiger partial charge in [0, 0.05) is 12.6 Å². The van der Waals surface area contributed by atoms with Crippen molar-refractivity contribution in [1.82, 2.24) is 5.32 Å². The molecule has 1 unspecified atom stereocenters. The topological polar surface area (TPSA) is 21.3 Å². The van der Waals surface area contributed by atoms with Crippen LogP contribution in [0.15, 0.2) is 12.2 Å². The highest BCUT2D eigenvalue weighted by atomic mass is 16.5. The van der Waals surface area contributed by atoms with E-state index in [1.165, 1.54) is 5.57 Å². The molecule has 2 heteroatoms. The van der Waals surface area contributed by atoms with Gasteiger partial charge >= 0.3 is 0 Å². The van der Waals surface area contributed by atoms with Crippen LogP contribution < -0.4 is 5.32 Å². The van der Waals surface area contributed by atoms with E-state index in [4.69, 9.17) is 4.74 Å². The molecule has 0 bridgehead atoms. The molecule has 0 radical (unpaired) electrons. The maximum absolute atomic E-state index is 6.04. The van der Waals surface area contributed by atoms with Gasteiger partial charge in [-0.25, -0.2) is 0 Å².